The van der Waals surface area contributed by atoms with Gasteiger partial charge in [0.25, 0.3) is 0 Å². The average Bonchev–Trinajstić information content (AvgIpc) is 2.32. The summed E-state index contributed by atoms with van der Waals surface area (Å²) in [6.07, 6.45) is 1.07. The molecule has 0 aromatic rings. The zero-order valence-corrected chi connectivity index (χ0v) is 15.7. The second kappa shape index (κ2) is 7.62. The van der Waals surface area contributed by atoms with Gasteiger partial charge in [-0.1, -0.05) is 62.3 Å². The first-order chi connectivity index (χ1) is 9.42. The molecule has 0 rings (SSSR count). The molecule has 0 heterocycles. The highest BCUT2D eigenvalue weighted by atomic mass is 16.1. The zero-order chi connectivity index (χ0) is 17.0. The van der Waals surface area contributed by atoms with Gasteiger partial charge < -0.3 is 11.1 Å². The van der Waals surface area contributed by atoms with E-state index in [1.807, 2.05) is 0 Å². The van der Waals surface area contributed by atoms with Gasteiger partial charge in [0.15, 0.2) is 0 Å². The van der Waals surface area contributed by atoms with Gasteiger partial charge >= 0.3 is 0 Å². The summed E-state index contributed by atoms with van der Waals surface area (Å²) in [5, 5.41) is 3.61. The Morgan fingerprint density at radius 1 is 1.05 bits per heavy atom. The van der Waals surface area contributed by atoms with Gasteiger partial charge in [0.2, 0.25) is 5.91 Å². The third kappa shape index (κ3) is 4.70. The molecule has 0 radical (unpaired) electrons. The van der Waals surface area contributed by atoms with Crippen molar-refractivity contribution in [1.29, 1.82) is 0 Å². The van der Waals surface area contributed by atoms with Crippen LogP contribution < -0.4 is 11.1 Å². The first-order valence-corrected chi connectivity index (χ1v) is 8.47. The van der Waals surface area contributed by atoms with Crippen molar-refractivity contribution in [3.05, 3.63) is 0 Å². The Balaban J connectivity index is 5.71. The number of carbonyl (C=O) groups excluding carboxylic acids is 1. The Morgan fingerprint density at radius 2 is 1.48 bits per heavy atom. The number of carbonyl (C=O) groups is 1. The van der Waals surface area contributed by atoms with Crippen LogP contribution in [0.4, 0.5) is 0 Å². The molecule has 3 nitrogen and oxygen atoms in total. The average molecular weight is 299 g/mol. The molecule has 1 unspecified atom stereocenters. The van der Waals surface area contributed by atoms with Gasteiger partial charge in [-0.25, -0.2) is 0 Å². The summed E-state index contributed by atoms with van der Waals surface area (Å²) in [6.45, 7) is 20.4. The molecule has 0 aliphatic heterocycles. The van der Waals surface area contributed by atoms with E-state index in [1.54, 1.807) is 0 Å². The third-order valence-electron chi connectivity index (χ3n) is 5.10. The SMILES string of the molecule is CCC(C)(C)CNC(C(N)=O)(C(C)C)C(C(C)C)C(C)C. The molecule has 1 atom stereocenters. The molecule has 0 aliphatic carbocycles. The Hall–Kier alpha value is -0.570. The molecule has 0 aromatic carbocycles. The Kier molecular flexibility index (Phi) is 7.41. The van der Waals surface area contributed by atoms with Crippen LogP contribution in [0.2, 0.25) is 0 Å². The fraction of sp³-hybridized carbons (Fsp3) is 0.944. The minimum absolute atomic E-state index is 0.161. The van der Waals surface area contributed by atoms with Crippen LogP contribution >= 0.6 is 0 Å². The Bertz CT molecular complexity index is 326. The standard InChI is InChI=1S/C18H38N2O/c1-10-17(8,9)11-20-18(14(6)7,16(19)21)15(12(2)3)13(4)5/h12-15,20H,10-11H2,1-9H3,(H2,19,21). The predicted molar refractivity (Wildman–Crippen MR) is 92.0 cm³/mol. The number of hydrogen-bond acceptors (Lipinski definition) is 2. The van der Waals surface area contributed by atoms with Crippen molar-refractivity contribution in [2.24, 2.45) is 34.8 Å². The first-order valence-electron chi connectivity index (χ1n) is 8.47. The fourth-order valence-corrected chi connectivity index (χ4v) is 3.57. The molecule has 3 N–H and O–H groups in total. The van der Waals surface area contributed by atoms with Crippen molar-refractivity contribution in [2.75, 3.05) is 6.54 Å². The fourth-order valence-electron chi connectivity index (χ4n) is 3.57. The highest BCUT2D eigenvalue weighted by Gasteiger charge is 2.49. The number of amides is 1. The van der Waals surface area contributed by atoms with Crippen molar-refractivity contribution >= 4 is 5.91 Å². The molecular weight excluding hydrogens is 260 g/mol. The zero-order valence-electron chi connectivity index (χ0n) is 15.7. The molecule has 21 heavy (non-hydrogen) atoms. The Morgan fingerprint density at radius 3 is 1.71 bits per heavy atom. The van der Waals surface area contributed by atoms with Crippen molar-refractivity contribution in [2.45, 2.75) is 74.3 Å². The topological polar surface area (TPSA) is 55.1 Å². The third-order valence-corrected chi connectivity index (χ3v) is 5.10. The smallest absolute Gasteiger partial charge is 0.238 e. The Labute approximate surface area is 132 Å². The first kappa shape index (κ1) is 20.4. The van der Waals surface area contributed by atoms with E-state index in [2.05, 4.69) is 67.6 Å². The summed E-state index contributed by atoms with van der Waals surface area (Å²) >= 11 is 0. The molecule has 1 amide bonds. The lowest BCUT2D eigenvalue weighted by atomic mass is 9.65. The van der Waals surface area contributed by atoms with Crippen molar-refractivity contribution in [3.63, 3.8) is 0 Å². The van der Waals surface area contributed by atoms with Gasteiger partial charge in [-0.15, -0.1) is 0 Å². The van der Waals surface area contributed by atoms with Crippen molar-refractivity contribution < 1.29 is 4.79 Å². The normalized spacial score (nSPS) is 16.0. The van der Waals surface area contributed by atoms with Crippen molar-refractivity contribution in [3.8, 4) is 0 Å². The molecular formula is C18H38N2O. The summed E-state index contributed by atoms with van der Waals surface area (Å²) in [4.78, 5) is 12.5. The summed E-state index contributed by atoms with van der Waals surface area (Å²) in [6, 6.07) is 0. The van der Waals surface area contributed by atoms with Crippen LogP contribution in [0.25, 0.3) is 0 Å². The number of hydrogen-bond donors (Lipinski definition) is 2. The van der Waals surface area contributed by atoms with Gasteiger partial charge in [-0.05, 0) is 35.5 Å². The quantitative estimate of drug-likeness (QED) is 0.680. The van der Waals surface area contributed by atoms with Crippen LogP contribution in [0.3, 0.4) is 0 Å². The lowest BCUT2D eigenvalue weighted by Gasteiger charge is -2.47. The number of rotatable bonds is 9. The highest BCUT2D eigenvalue weighted by molar-refractivity contribution is 5.85. The molecule has 0 fully saturated rings. The highest BCUT2D eigenvalue weighted by Crippen LogP contribution is 2.38. The van der Waals surface area contributed by atoms with Crippen LogP contribution in [0.15, 0.2) is 0 Å². The van der Waals surface area contributed by atoms with E-state index in [0.717, 1.165) is 13.0 Å². The predicted octanol–water partition coefficient (Wildman–Crippen LogP) is 3.82. The summed E-state index contributed by atoms with van der Waals surface area (Å²) < 4.78 is 0. The molecule has 0 saturated heterocycles. The summed E-state index contributed by atoms with van der Waals surface area (Å²) in [7, 11) is 0. The van der Waals surface area contributed by atoms with Gasteiger partial charge in [0, 0.05) is 6.54 Å². The molecule has 3 heteroatoms. The second-order valence-corrected chi connectivity index (χ2v) is 8.27. The van der Waals surface area contributed by atoms with Gasteiger partial charge in [0.1, 0.15) is 5.54 Å². The largest absolute Gasteiger partial charge is 0.368 e. The van der Waals surface area contributed by atoms with Crippen LogP contribution in [0.5, 0.6) is 0 Å². The molecule has 0 spiro atoms. The van der Waals surface area contributed by atoms with Crippen molar-refractivity contribution in [1.82, 2.24) is 5.32 Å². The minimum atomic E-state index is -0.644. The van der Waals surface area contributed by atoms with E-state index in [9.17, 15) is 4.79 Å². The summed E-state index contributed by atoms with van der Waals surface area (Å²) in [5.41, 5.74) is 5.44. The van der Waals surface area contributed by atoms with Gasteiger partial charge in [-0.2, -0.15) is 0 Å². The molecule has 126 valence electrons. The maximum absolute atomic E-state index is 12.5. The minimum Gasteiger partial charge on any atom is -0.368 e. The lowest BCUT2D eigenvalue weighted by Crippen LogP contribution is -2.67. The maximum Gasteiger partial charge on any atom is 0.238 e. The number of nitrogens with two attached hydrogens (primary N) is 1. The number of primary amides is 1. The van der Waals surface area contributed by atoms with E-state index >= 15 is 0 Å². The van der Waals surface area contributed by atoms with Crippen LogP contribution in [-0.2, 0) is 4.79 Å². The van der Waals surface area contributed by atoms with E-state index in [0.29, 0.717) is 11.8 Å². The monoisotopic (exact) mass is 298 g/mol. The van der Waals surface area contributed by atoms with E-state index < -0.39 is 5.54 Å². The lowest BCUT2D eigenvalue weighted by molar-refractivity contribution is -0.131. The maximum atomic E-state index is 12.5. The molecule has 0 saturated carbocycles. The summed E-state index contributed by atoms with van der Waals surface area (Å²) in [5.74, 6) is 0.978. The van der Waals surface area contributed by atoms with Crippen LogP contribution in [0.1, 0.15) is 68.7 Å². The molecule has 0 bridgehead atoms. The van der Waals surface area contributed by atoms with E-state index in [1.165, 1.54) is 0 Å². The van der Waals surface area contributed by atoms with E-state index in [-0.39, 0.29) is 23.2 Å². The van der Waals surface area contributed by atoms with Gasteiger partial charge in [-0.3, -0.25) is 4.79 Å². The van der Waals surface area contributed by atoms with Gasteiger partial charge in [0.05, 0.1) is 0 Å². The number of nitrogens with one attached hydrogen (secondary N) is 1. The van der Waals surface area contributed by atoms with E-state index in [4.69, 9.17) is 5.73 Å². The molecule has 0 aromatic heterocycles. The van der Waals surface area contributed by atoms with Crippen LogP contribution in [-0.4, -0.2) is 18.0 Å². The van der Waals surface area contributed by atoms with Crippen LogP contribution in [0, 0.1) is 29.1 Å². The second-order valence-electron chi connectivity index (χ2n) is 8.27. The molecule has 0 aliphatic rings.